The van der Waals surface area contributed by atoms with Crippen LogP contribution in [0.4, 0.5) is 0 Å². The van der Waals surface area contributed by atoms with Crippen molar-refractivity contribution in [1.82, 2.24) is 14.3 Å². The highest BCUT2D eigenvalue weighted by atomic mass is 32.1. The van der Waals surface area contributed by atoms with E-state index in [-0.39, 0.29) is 5.56 Å². The van der Waals surface area contributed by atoms with E-state index in [1.165, 1.54) is 15.4 Å². The third-order valence-corrected chi connectivity index (χ3v) is 2.49. The fraction of sp³-hybridized carbons (Fsp3) is 0.100. The second kappa shape index (κ2) is 3.78. The SMILES string of the molecule is Cn1ncc(=O)n(-c2ccccc2)c1=S. The van der Waals surface area contributed by atoms with Gasteiger partial charge in [-0.3, -0.25) is 9.36 Å². The van der Waals surface area contributed by atoms with Crippen molar-refractivity contribution < 1.29 is 0 Å². The molecule has 4 nitrogen and oxygen atoms in total. The van der Waals surface area contributed by atoms with Crippen LogP contribution in [0.3, 0.4) is 0 Å². The number of rotatable bonds is 1. The standard InChI is InChI=1S/C10H9N3OS/c1-12-10(15)13(9(14)7-11-12)8-5-3-2-4-6-8/h2-7H,1H3. The first-order valence-electron chi connectivity index (χ1n) is 4.41. The molecule has 1 heterocycles. The number of hydrogen-bond donors (Lipinski definition) is 0. The molecule has 0 unspecified atom stereocenters. The Balaban J connectivity index is 2.80. The summed E-state index contributed by atoms with van der Waals surface area (Å²) in [6, 6.07) is 9.27. The smallest absolute Gasteiger partial charge is 0.267 e. The molecular weight excluding hydrogens is 210 g/mol. The molecule has 5 heteroatoms. The first-order valence-corrected chi connectivity index (χ1v) is 4.82. The third-order valence-electron chi connectivity index (χ3n) is 2.04. The van der Waals surface area contributed by atoms with Gasteiger partial charge in [0.1, 0.15) is 6.20 Å². The van der Waals surface area contributed by atoms with Crippen molar-refractivity contribution in [3.05, 3.63) is 51.7 Å². The average Bonchev–Trinajstić information content (AvgIpc) is 2.26. The van der Waals surface area contributed by atoms with Gasteiger partial charge in [0, 0.05) is 7.05 Å². The van der Waals surface area contributed by atoms with E-state index in [0.717, 1.165) is 5.69 Å². The van der Waals surface area contributed by atoms with Crippen molar-refractivity contribution in [2.75, 3.05) is 0 Å². The minimum absolute atomic E-state index is 0.218. The van der Waals surface area contributed by atoms with Gasteiger partial charge in [0.2, 0.25) is 4.77 Å². The molecule has 0 amide bonds. The van der Waals surface area contributed by atoms with Gasteiger partial charge in [-0.25, -0.2) is 4.68 Å². The lowest BCUT2D eigenvalue weighted by Crippen LogP contribution is -2.23. The molecule has 0 saturated heterocycles. The highest BCUT2D eigenvalue weighted by Gasteiger charge is 2.02. The van der Waals surface area contributed by atoms with Crippen molar-refractivity contribution in [3.8, 4) is 5.69 Å². The molecule has 2 aromatic rings. The highest BCUT2D eigenvalue weighted by Crippen LogP contribution is 2.03. The monoisotopic (exact) mass is 219 g/mol. The van der Waals surface area contributed by atoms with E-state index in [1.807, 2.05) is 30.3 Å². The van der Waals surface area contributed by atoms with Crippen LogP contribution in [0.2, 0.25) is 0 Å². The summed E-state index contributed by atoms with van der Waals surface area (Å²) in [5.74, 6) is 0. The lowest BCUT2D eigenvalue weighted by Gasteiger charge is -2.06. The van der Waals surface area contributed by atoms with Gasteiger partial charge in [-0.1, -0.05) is 18.2 Å². The van der Waals surface area contributed by atoms with Crippen LogP contribution in [0.25, 0.3) is 5.69 Å². The van der Waals surface area contributed by atoms with Gasteiger partial charge in [-0.2, -0.15) is 5.10 Å². The minimum atomic E-state index is -0.218. The van der Waals surface area contributed by atoms with Crippen LogP contribution in [0, 0.1) is 4.77 Å². The van der Waals surface area contributed by atoms with Crippen LogP contribution >= 0.6 is 12.2 Å². The van der Waals surface area contributed by atoms with Gasteiger partial charge in [0.25, 0.3) is 5.56 Å². The minimum Gasteiger partial charge on any atom is -0.267 e. The fourth-order valence-corrected chi connectivity index (χ4v) is 1.54. The molecule has 1 aromatic heterocycles. The number of para-hydroxylation sites is 1. The normalized spacial score (nSPS) is 10.2. The molecule has 1 aromatic carbocycles. The average molecular weight is 219 g/mol. The Morgan fingerprint density at radius 2 is 1.93 bits per heavy atom. The second-order valence-corrected chi connectivity index (χ2v) is 3.43. The lowest BCUT2D eigenvalue weighted by molar-refractivity contribution is 0.656. The van der Waals surface area contributed by atoms with Gasteiger partial charge < -0.3 is 0 Å². The van der Waals surface area contributed by atoms with E-state index >= 15 is 0 Å². The predicted octanol–water partition coefficient (Wildman–Crippen LogP) is 1.30. The number of hydrogen-bond acceptors (Lipinski definition) is 3. The quantitative estimate of drug-likeness (QED) is 0.679. The summed E-state index contributed by atoms with van der Waals surface area (Å²) in [5.41, 5.74) is 0.537. The Morgan fingerprint density at radius 1 is 1.27 bits per heavy atom. The van der Waals surface area contributed by atoms with Crippen molar-refractivity contribution in [1.29, 1.82) is 0 Å². The highest BCUT2D eigenvalue weighted by molar-refractivity contribution is 7.71. The number of benzene rings is 1. The molecule has 0 spiro atoms. The largest absolute Gasteiger partial charge is 0.277 e. The van der Waals surface area contributed by atoms with Crippen molar-refractivity contribution >= 4 is 12.2 Å². The summed E-state index contributed by atoms with van der Waals surface area (Å²) in [6.45, 7) is 0. The summed E-state index contributed by atoms with van der Waals surface area (Å²) in [4.78, 5) is 11.6. The summed E-state index contributed by atoms with van der Waals surface area (Å²) in [7, 11) is 1.71. The van der Waals surface area contributed by atoms with Gasteiger partial charge in [-0.05, 0) is 24.4 Å². The number of aromatic nitrogens is 3. The van der Waals surface area contributed by atoms with Gasteiger partial charge in [-0.15, -0.1) is 0 Å². The van der Waals surface area contributed by atoms with E-state index in [0.29, 0.717) is 4.77 Å². The summed E-state index contributed by atoms with van der Waals surface area (Å²) < 4.78 is 3.32. The Kier molecular flexibility index (Phi) is 2.47. The molecule has 0 aliphatic carbocycles. The number of nitrogens with zero attached hydrogens (tertiary/aromatic N) is 3. The molecule has 0 aliphatic rings. The Hall–Kier alpha value is -1.75. The van der Waals surface area contributed by atoms with E-state index in [2.05, 4.69) is 5.10 Å². The van der Waals surface area contributed by atoms with Crippen molar-refractivity contribution in [2.24, 2.45) is 7.05 Å². The van der Waals surface area contributed by atoms with Gasteiger partial charge >= 0.3 is 0 Å². The van der Waals surface area contributed by atoms with E-state index in [1.54, 1.807) is 7.05 Å². The zero-order valence-corrected chi connectivity index (χ0v) is 8.94. The maximum absolute atomic E-state index is 11.6. The molecule has 0 radical (unpaired) electrons. The Labute approximate surface area is 91.4 Å². The lowest BCUT2D eigenvalue weighted by atomic mass is 10.3. The van der Waals surface area contributed by atoms with Gasteiger partial charge in [0.15, 0.2) is 0 Å². The topological polar surface area (TPSA) is 39.8 Å². The van der Waals surface area contributed by atoms with Crippen LogP contribution in [0.1, 0.15) is 0 Å². The molecule has 0 saturated carbocycles. The second-order valence-electron chi connectivity index (χ2n) is 3.06. The summed E-state index contributed by atoms with van der Waals surface area (Å²) in [5, 5.41) is 3.84. The molecule has 2 rings (SSSR count). The number of aryl methyl sites for hydroxylation is 1. The van der Waals surface area contributed by atoms with E-state index in [9.17, 15) is 4.79 Å². The van der Waals surface area contributed by atoms with Crippen LogP contribution in [0.15, 0.2) is 41.3 Å². The zero-order valence-electron chi connectivity index (χ0n) is 8.12. The molecule has 0 N–H and O–H groups in total. The first-order chi connectivity index (χ1) is 7.20. The third kappa shape index (κ3) is 1.73. The molecule has 0 aliphatic heterocycles. The van der Waals surface area contributed by atoms with Crippen molar-refractivity contribution in [2.45, 2.75) is 0 Å². The molecule has 0 atom stereocenters. The maximum Gasteiger partial charge on any atom is 0.277 e. The first kappa shape index (κ1) is 9.79. The van der Waals surface area contributed by atoms with E-state index < -0.39 is 0 Å². The maximum atomic E-state index is 11.6. The van der Waals surface area contributed by atoms with Crippen molar-refractivity contribution in [3.63, 3.8) is 0 Å². The van der Waals surface area contributed by atoms with Crippen LogP contribution in [-0.4, -0.2) is 14.3 Å². The summed E-state index contributed by atoms with van der Waals surface area (Å²) >= 11 is 5.13. The molecular formula is C10H9N3OS. The Morgan fingerprint density at radius 3 is 2.60 bits per heavy atom. The van der Waals surface area contributed by atoms with Crippen LogP contribution in [0.5, 0.6) is 0 Å². The van der Waals surface area contributed by atoms with Crippen LogP contribution < -0.4 is 5.56 Å². The molecule has 0 fully saturated rings. The molecule has 76 valence electrons. The fourth-order valence-electron chi connectivity index (χ4n) is 1.30. The molecule has 15 heavy (non-hydrogen) atoms. The van der Waals surface area contributed by atoms with Crippen LogP contribution in [-0.2, 0) is 7.05 Å². The predicted molar refractivity (Wildman–Crippen MR) is 59.6 cm³/mol. The van der Waals surface area contributed by atoms with E-state index in [4.69, 9.17) is 12.2 Å². The Bertz CT molecular complexity index is 586. The molecule has 0 bridgehead atoms. The van der Waals surface area contributed by atoms with Gasteiger partial charge in [0.05, 0.1) is 5.69 Å². The summed E-state index contributed by atoms with van der Waals surface area (Å²) in [6.07, 6.45) is 1.25. The zero-order chi connectivity index (χ0) is 10.8.